The van der Waals surface area contributed by atoms with Crippen LogP contribution >= 0.6 is 0 Å². The molecule has 1 heterocycles. The molecular formula is C20H23N3O3. The summed E-state index contributed by atoms with van der Waals surface area (Å²) in [6, 6.07) is 13.9. The number of benzene rings is 2. The molecule has 0 bridgehead atoms. The van der Waals surface area contributed by atoms with E-state index in [9.17, 15) is 9.59 Å². The highest BCUT2D eigenvalue weighted by molar-refractivity contribution is 6.09. The van der Waals surface area contributed by atoms with Crippen LogP contribution in [0.5, 0.6) is 5.75 Å². The van der Waals surface area contributed by atoms with Crippen molar-refractivity contribution in [1.82, 2.24) is 4.90 Å². The lowest BCUT2D eigenvalue weighted by Crippen LogP contribution is -2.45. The topological polar surface area (TPSA) is 84.7 Å². The van der Waals surface area contributed by atoms with Crippen molar-refractivity contribution in [3.63, 3.8) is 0 Å². The standard InChI is InChI=1S/C20H23N3O3/c1-26-16-10-8-14(9-11-16)19(24)22-18-7-3-2-6-17(18)20(25)23-12-4-5-15(21)13-23/h2-3,6-11,15H,4-5,12-13,21H2,1H3,(H,22,24). The number of nitrogens with zero attached hydrogens (tertiary/aromatic N) is 1. The van der Waals surface area contributed by atoms with Gasteiger partial charge in [0.1, 0.15) is 5.75 Å². The van der Waals surface area contributed by atoms with E-state index in [1.54, 1.807) is 60.5 Å². The molecule has 0 radical (unpaired) electrons. The average Bonchev–Trinajstić information content (AvgIpc) is 2.68. The van der Waals surface area contributed by atoms with Gasteiger partial charge in [0, 0.05) is 24.7 Å². The third kappa shape index (κ3) is 4.03. The fourth-order valence-corrected chi connectivity index (χ4v) is 3.08. The van der Waals surface area contributed by atoms with Gasteiger partial charge in [-0.15, -0.1) is 0 Å². The molecule has 1 aliphatic heterocycles. The third-order valence-corrected chi connectivity index (χ3v) is 4.50. The van der Waals surface area contributed by atoms with Crippen LogP contribution in [0.15, 0.2) is 48.5 Å². The molecule has 0 aliphatic carbocycles. The molecule has 6 nitrogen and oxygen atoms in total. The second kappa shape index (κ2) is 8.01. The maximum absolute atomic E-state index is 12.9. The number of rotatable bonds is 4. The molecule has 0 aromatic heterocycles. The van der Waals surface area contributed by atoms with Crippen molar-refractivity contribution in [2.75, 3.05) is 25.5 Å². The molecule has 0 spiro atoms. The van der Waals surface area contributed by atoms with Gasteiger partial charge in [0.25, 0.3) is 11.8 Å². The number of carbonyl (C=O) groups excluding carboxylic acids is 2. The summed E-state index contributed by atoms with van der Waals surface area (Å²) >= 11 is 0. The van der Waals surface area contributed by atoms with Gasteiger partial charge in [-0.2, -0.15) is 0 Å². The Morgan fingerprint density at radius 1 is 1.15 bits per heavy atom. The molecule has 6 heteroatoms. The first-order chi connectivity index (χ1) is 12.6. The molecular weight excluding hydrogens is 330 g/mol. The highest BCUT2D eigenvalue weighted by Gasteiger charge is 2.24. The SMILES string of the molecule is COc1ccc(C(=O)Nc2ccccc2C(=O)N2CCCC(N)C2)cc1. The van der Waals surface area contributed by atoms with Gasteiger partial charge < -0.3 is 20.7 Å². The van der Waals surface area contributed by atoms with E-state index < -0.39 is 0 Å². The van der Waals surface area contributed by atoms with Crippen LogP contribution in [0, 0.1) is 0 Å². The lowest BCUT2D eigenvalue weighted by molar-refractivity contribution is 0.0710. The zero-order valence-electron chi connectivity index (χ0n) is 14.8. The van der Waals surface area contributed by atoms with Crippen molar-refractivity contribution in [3.05, 3.63) is 59.7 Å². The number of nitrogens with two attached hydrogens (primary N) is 1. The number of ether oxygens (including phenoxy) is 1. The second-order valence-electron chi connectivity index (χ2n) is 6.38. The number of anilines is 1. The maximum Gasteiger partial charge on any atom is 0.256 e. The summed E-state index contributed by atoms with van der Waals surface area (Å²) in [5.74, 6) is 0.299. The molecule has 1 saturated heterocycles. The smallest absolute Gasteiger partial charge is 0.256 e. The lowest BCUT2D eigenvalue weighted by Gasteiger charge is -2.31. The first-order valence-corrected chi connectivity index (χ1v) is 8.68. The minimum absolute atomic E-state index is 0.00810. The van der Waals surface area contributed by atoms with E-state index in [-0.39, 0.29) is 17.9 Å². The number of piperidine rings is 1. The number of hydrogen-bond acceptors (Lipinski definition) is 4. The largest absolute Gasteiger partial charge is 0.497 e. The number of likely N-dealkylation sites (tertiary alicyclic amines) is 1. The zero-order chi connectivity index (χ0) is 18.5. The molecule has 1 aliphatic rings. The van der Waals surface area contributed by atoms with Crippen LogP contribution in [-0.2, 0) is 0 Å². The molecule has 0 saturated carbocycles. The quantitative estimate of drug-likeness (QED) is 0.884. The van der Waals surface area contributed by atoms with Gasteiger partial charge in [-0.3, -0.25) is 9.59 Å². The summed E-state index contributed by atoms with van der Waals surface area (Å²) in [5, 5.41) is 2.84. The predicted octanol–water partition coefficient (Wildman–Crippen LogP) is 2.51. The van der Waals surface area contributed by atoms with Crippen LogP contribution < -0.4 is 15.8 Å². The Morgan fingerprint density at radius 2 is 1.88 bits per heavy atom. The van der Waals surface area contributed by atoms with E-state index in [0.717, 1.165) is 12.8 Å². The molecule has 3 N–H and O–H groups in total. The molecule has 1 fully saturated rings. The van der Waals surface area contributed by atoms with E-state index in [0.29, 0.717) is 35.7 Å². The third-order valence-electron chi connectivity index (χ3n) is 4.50. The highest BCUT2D eigenvalue weighted by Crippen LogP contribution is 2.21. The van der Waals surface area contributed by atoms with Crippen LogP contribution in [0.3, 0.4) is 0 Å². The van der Waals surface area contributed by atoms with Crippen LogP contribution in [0.4, 0.5) is 5.69 Å². The summed E-state index contributed by atoms with van der Waals surface area (Å²) in [7, 11) is 1.57. The van der Waals surface area contributed by atoms with Crippen molar-refractivity contribution in [2.24, 2.45) is 5.73 Å². The number of carbonyl (C=O) groups is 2. The number of amides is 2. The highest BCUT2D eigenvalue weighted by atomic mass is 16.5. The summed E-state index contributed by atoms with van der Waals surface area (Å²) in [5.41, 5.74) is 7.45. The Kier molecular flexibility index (Phi) is 5.53. The Balaban J connectivity index is 1.78. The van der Waals surface area contributed by atoms with Gasteiger partial charge in [0.2, 0.25) is 0 Å². The molecule has 2 amide bonds. The summed E-state index contributed by atoms with van der Waals surface area (Å²) in [6.07, 6.45) is 1.83. The normalized spacial score (nSPS) is 16.8. The summed E-state index contributed by atoms with van der Waals surface area (Å²) in [4.78, 5) is 27.1. The van der Waals surface area contributed by atoms with Crippen LogP contribution in [-0.4, -0.2) is 43.0 Å². The van der Waals surface area contributed by atoms with Crippen molar-refractivity contribution < 1.29 is 14.3 Å². The first-order valence-electron chi connectivity index (χ1n) is 8.68. The monoisotopic (exact) mass is 353 g/mol. The Bertz CT molecular complexity index is 789. The zero-order valence-corrected chi connectivity index (χ0v) is 14.8. The van der Waals surface area contributed by atoms with Gasteiger partial charge in [-0.05, 0) is 49.2 Å². The Labute approximate surface area is 152 Å². The van der Waals surface area contributed by atoms with Crippen molar-refractivity contribution in [2.45, 2.75) is 18.9 Å². The van der Waals surface area contributed by atoms with Gasteiger partial charge in [-0.25, -0.2) is 0 Å². The second-order valence-corrected chi connectivity index (χ2v) is 6.38. The van der Waals surface area contributed by atoms with E-state index >= 15 is 0 Å². The molecule has 26 heavy (non-hydrogen) atoms. The number of para-hydroxylation sites is 1. The Hall–Kier alpha value is -2.86. The van der Waals surface area contributed by atoms with Gasteiger partial charge in [0.15, 0.2) is 0 Å². The minimum atomic E-state index is -0.275. The summed E-state index contributed by atoms with van der Waals surface area (Å²) < 4.78 is 5.10. The molecule has 2 aromatic carbocycles. The predicted molar refractivity (Wildman–Crippen MR) is 101 cm³/mol. The van der Waals surface area contributed by atoms with E-state index in [2.05, 4.69) is 5.32 Å². The Morgan fingerprint density at radius 3 is 2.58 bits per heavy atom. The lowest BCUT2D eigenvalue weighted by atomic mass is 10.0. The summed E-state index contributed by atoms with van der Waals surface area (Å²) in [6.45, 7) is 1.23. The van der Waals surface area contributed by atoms with Crippen molar-refractivity contribution in [3.8, 4) is 5.75 Å². The van der Waals surface area contributed by atoms with E-state index in [4.69, 9.17) is 10.5 Å². The molecule has 1 unspecified atom stereocenters. The molecule has 2 aromatic rings. The maximum atomic E-state index is 12.9. The minimum Gasteiger partial charge on any atom is -0.497 e. The van der Waals surface area contributed by atoms with Gasteiger partial charge >= 0.3 is 0 Å². The van der Waals surface area contributed by atoms with Gasteiger partial charge in [-0.1, -0.05) is 12.1 Å². The number of nitrogens with one attached hydrogen (secondary N) is 1. The number of methoxy groups -OCH3 is 1. The van der Waals surface area contributed by atoms with Crippen LogP contribution in [0.2, 0.25) is 0 Å². The first kappa shape index (κ1) is 17.9. The fraction of sp³-hybridized carbons (Fsp3) is 0.300. The fourth-order valence-electron chi connectivity index (χ4n) is 3.08. The van der Waals surface area contributed by atoms with Gasteiger partial charge in [0.05, 0.1) is 18.4 Å². The van der Waals surface area contributed by atoms with Crippen LogP contribution in [0.1, 0.15) is 33.6 Å². The molecule has 3 rings (SSSR count). The van der Waals surface area contributed by atoms with Crippen molar-refractivity contribution >= 4 is 17.5 Å². The number of hydrogen-bond donors (Lipinski definition) is 2. The molecule has 1 atom stereocenters. The molecule has 136 valence electrons. The average molecular weight is 353 g/mol. The van der Waals surface area contributed by atoms with Crippen molar-refractivity contribution in [1.29, 1.82) is 0 Å². The van der Waals surface area contributed by atoms with E-state index in [1.165, 1.54) is 0 Å². The van der Waals surface area contributed by atoms with E-state index in [1.807, 2.05) is 0 Å². The van der Waals surface area contributed by atoms with Crippen LogP contribution in [0.25, 0.3) is 0 Å².